The third-order valence-corrected chi connectivity index (χ3v) is 3.90. The van der Waals surface area contributed by atoms with E-state index < -0.39 is 24.4 Å². The lowest BCUT2D eigenvalue weighted by molar-refractivity contribution is -0.123. The summed E-state index contributed by atoms with van der Waals surface area (Å²) in [5.74, 6) is -2.04. The first-order valence-electron chi connectivity index (χ1n) is 5.97. The molecule has 1 N–H and O–H groups in total. The van der Waals surface area contributed by atoms with Crippen LogP contribution in [0.1, 0.15) is 20.0 Å². The van der Waals surface area contributed by atoms with Crippen molar-refractivity contribution >= 4 is 52.3 Å². The summed E-state index contributed by atoms with van der Waals surface area (Å²) in [5, 5.41) is 4.32. The number of esters is 1. The van der Waals surface area contributed by atoms with E-state index in [9.17, 15) is 14.4 Å². The van der Waals surface area contributed by atoms with Gasteiger partial charge in [0.2, 0.25) is 0 Å². The summed E-state index contributed by atoms with van der Waals surface area (Å²) in [7, 11) is 0. The van der Waals surface area contributed by atoms with Crippen LogP contribution in [0.15, 0.2) is 35.7 Å². The largest absolute Gasteiger partial charge is 0.452 e. The lowest BCUT2D eigenvalue weighted by atomic mass is 10.2. The fourth-order valence-electron chi connectivity index (χ4n) is 1.50. The molecule has 0 radical (unpaired) electrons. The van der Waals surface area contributed by atoms with Crippen LogP contribution in [0.3, 0.4) is 0 Å². The summed E-state index contributed by atoms with van der Waals surface area (Å²) in [5.41, 5.74) is 0.0865. The highest BCUT2D eigenvalue weighted by molar-refractivity contribution is 7.12. The molecule has 114 valence electrons. The van der Waals surface area contributed by atoms with Crippen molar-refractivity contribution < 1.29 is 19.1 Å². The minimum absolute atomic E-state index is 0.0865. The number of hydrogen-bond donors (Lipinski definition) is 1. The Labute approximate surface area is 139 Å². The second kappa shape index (κ2) is 7.40. The number of amides is 2. The molecular formula is C14H9Cl2NO4S. The van der Waals surface area contributed by atoms with Gasteiger partial charge in [-0.05, 0) is 29.6 Å². The predicted octanol–water partition coefficient (Wildman–Crippen LogP) is 3.17. The first-order valence-corrected chi connectivity index (χ1v) is 7.61. The van der Waals surface area contributed by atoms with E-state index in [4.69, 9.17) is 27.9 Å². The number of carbonyl (C=O) groups is 3. The lowest BCUT2D eigenvalue weighted by Crippen LogP contribution is -2.33. The van der Waals surface area contributed by atoms with Crippen LogP contribution in [0.2, 0.25) is 10.0 Å². The van der Waals surface area contributed by atoms with Crippen LogP contribution in [-0.2, 0) is 9.53 Å². The van der Waals surface area contributed by atoms with E-state index in [1.54, 1.807) is 17.5 Å². The van der Waals surface area contributed by atoms with Crippen molar-refractivity contribution in [1.82, 2.24) is 5.32 Å². The molecule has 1 heterocycles. The maximum absolute atomic E-state index is 11.8. The number of rotatable bonds is 4. The van der Waals surface area contributed by atoms with Gasteiger partial charge in [-0.2, -0.15) is 0 Å². The van der Waals surface area contributed by atoms with Crippen molar-refractivity contribution in [3.8, 4) is 0 Å². The highest BCUT2D eigenvalue weighted by atomic mass is 35.5. The minimum Gasteiger partial charge on any atom is -0.452 e. The van der Waals surface area contributed by atoms with E-state index in [0.717, 1.165) is 0 Å². The number of benzene rings is 1. The summed E-state index contributed by atoms with van der Waals surface area (Å²) in [4.78, 5) is 35.4. The van der Waals surface area contributed by atoms with E-state index in [-0.39, 0.29) is 10.6 Å². The number of ether oxygens (including phenoxy) is 1. The van der Waals surface area contributed by atoms with Gasteiger partial charge in [0.05, 0.1) is 15.5 Å². The molecule has 0 fully saturated rings. The van der Waals surface area contributed by atoms with Crippen LogP contribution in [0.5, 0.6) is 0 Å². The highest BCUT2D eigenvalue weighted by Crippen LogP contribution is 2.21. The fourth-order valence-corrected chi connectivity index (χ4v) is 2.60. The van der Waals surface area contributed by atoms with Crippen molar-refractivity contribution in [2.75, 3.05) is 6.61 Å². The SMILES string of the molecule is O=C(COC(=O)c1ccc(Cl)cc1Cl)NC(=O)c1cccs1. The smallest absolute Gasteiger partial charge is 0.340 e. The predicted molar refractivity (Wildman–Crippen MR) is 83.5 cm³/mol. The standard InChI is InChI=1S/C14H9Cl2NO4S/c15-8-3-4-9(10(16)6-8)14(20)21-7-12(18)17-13(19)11-2-1-5-22-11/h1-6H,7H2,(H,17,18,19). The Bertz CT molecular complexity index is 716. The zero-order chi connectivity index (χ0) is 16.1. The zero-order valence-electron chi connectivity index (χ0n) is 11.0. The molecule has 5 nitrogen and oxygen atoms in total. The molecule has 2 rings (SSSR count). The molecule has 0 atom stereocenters. The molecule has 0 bridgehead atoms. The van der Waals surface area contributed by atoms with E-state index in [0.29, 0.717) is 9.90 Å². The summed E-state index contributed by atoms with van der Waals surface area (Å²) in [6, 6.07) is 7.52. The highest BCUT2D eigenvalue weighted by Gasteiger charge is 2.16. The number of halogens is 2. The van der Waals surface area contributed by atoms with E-state index in [1.165, 1.54) is 29.5 Å². The monoisotopic (exact) mass is 357 g/mol. The Morgan fingerprint density at radius 3 is 2.59 bits per heavy atom. The van der Waals surface area contributed by atoms with Crippen molar-refractivity contribution in [2.24, 2.45) is 0 Å². The average Bonchev–Trinajstić information content (AvgIpc) is 2.99. The van der Waals surface area contributed by atoms with Gasteiger partial charge in [0.1, 0.15) is 0 Å². The molecule has 2 aromatic rings. The van der Waals surface area contributed by atoms with Gasteiger partial charge >= 0.3 is 5.97 Å². The van der Waals surface area contributed by atoms with Gasteiger partial charge in [0.25, 0.3) is 11.8 Å². The molecule has 0 spiro atoms. The van der Waals surface area contributed by atoms with Gasteiger partial charge in [0, 0.05) is 5.02 Å². The van der Waals surface area contributed by atoms with Crippen LogP contribution < -0.4 is 5.32 Å². The molecule has 8 heteroatoms. The molecule has 0 aliphatic rings. The molecule has 0 unspecified atom stereocenters. The van der Waals surface area contributed by atoms with Crippen LogP contribution in [-0.4, -0.2) is 24.4 Å². The molecule has 1 aromatic carbocycles. The van der Waals surface area contributed by atoms with Crippen LogP contribution >= 0.6 is 34.5 Å². The van der Waals surface area contributed by atoms with E-state index in [1.807, 2.05) is 0 Å². The molecular weight excluding hydrogens is 349 g/mol. The summed E-state index contributed by atoms with van der Waals surface area (Å²) >= 11 is 12.8. The number of imide groups is 1. The molecule has 22 heavy (non-hydrogen) atoms. The lowest BCUT2D eigenvalue weighted by Gasteiger charge is -2.06. The van der Waals surface area contributed by atoms with Gasteiger partial charge in [0.15, 0.2) is 6.61 Å². The molecule has 0 saturated carbocycles. The maximum Gasteiger partial charge on any atom is 0.340 e. The van der Waals surface area contributed by atoms with Gasteiger partial charge in [-0.15, -0.1) is 11.3 Å². The maximum atomic E-state index is 11.8. The Morgan fingerprint density at radius 1 is 1.18 bits per heavy atom. The first kappa shape index (κ1) is 16.5. The Kier molecular flexibility index (Phi) is 5.54. The summed E-state index contributed by atoms with van der Waals surface area (Å²) in [6.07, 6.45) is 0. The number of carbonyl (C=O) groups excluding carboxylic acids is 3. The topological polar surface area (TPSA) is 72.5 Å². The number of thiophene rings is 1. The van der Waals surface area contributed by atoms with E-state index in [2.05, 4.69) is 5.32 Å². The quantitative estimate of drug-likeness (QED) is 0.853. The van der Waals surface area contributed by atoms with Crippen molar-refractivity contribution in [3.05, 3.63) is 56.2 Å². The van der Waals surface area contributed by atoms with Crippen LogP contribution in [0, 0.1) is 0 Å². The molecule has 1 aromatic heterocycles. The van der Waals surface area contributed by atoms with Crippen LogP contribution in [0.4, 0.5) is 0 Å². The Hall–Kier alpha value is -1.89. The third-order valence-electron chi connectivity index (χ3n) is 2.48. The van der Waals surface area contributed by atoms with Crippen LogP contribution in [0.25, 0.3) is 0 Å². The van der Waals surface area contributed by atoms with Crippen molar-refractivity contribution in [2.45, 2.75) is 0 Å². The Morgan fingerprint density at radius 2 is 1.95 bits per heavy atom. The minimum atomic E-state index is -0.777. The van der Waals surface area contributed by atoms with Gasteiger partial charge < -0.3 is 4.74 Å². The fraction of sp³-hybridized carbons (Fsp3) is 0.0714. The van der Waals surface area contributed by atoms with Crippen molar-refractivity contribution in [3.63, 3.8) is 0 Å². The average molecular weight is 358 g/mol. The van der Waals surface area contributed by atoms with Gasteiger partial charge in [-0.25, -0.2) is 4.79 Å². The zero-order valence-corrected chi connectivity index (χ0v) is 13.3. The molecule has 0 aliphatic carbocycles. The molecule has 2 amide bonds. The second-order valence-corrected chi connectivity index (χ2v) is 5.85. The third kappa shape index (κ3) is 4.30. The second-order valence-electron chi connectivity index (χ2n) is 4.05. The molecule has 0 aliphatic heterocycles. The Balaban J connectivity index is 1.88. The summed E-state index contributed by atoms with van der Waals surface area (Å²) < 4.78 is 4.80. The molecule has 0 saturated heterocycles. The normalized spacial score (nSPS) is 10.1. The van der Waals surface area contributed by atoms with Crippen molar-refractivity contribution in [1.29, 1.82) is 0 Å². The van der Waals surface area contributed by atoms with E-state index >= 15 is 0 Å². The number of hydrogen-bond acceptors (Lipinski definition) is 5. The number of nitrogens with one attached hydrogen (secondary N) is 1. The van der Waals surface area contributed by atoms with Gasteiger partial charge in [-0.3, -0.25) is 14.9 Å². The van der Waals surface area contributed by atoms with Gasteiger partial charge in [-0.1, -0.05) is 29.3 Å². The summed E-state index contributed by atoms with van der Waals surface area (Å²) in [6.45, 7) is -0.588. The first-order chi connectivity index (χ1) is 10.5.